The lowest BCUT2D eigenvalue weighted by Crippen LogP contribution is -2.41. The van der Waals surface area contributed by atoms with Gasteiger partial charge in [0.25, 0.3) is 0 Å². The zero-order valence-electron chi connectivity index (χ0n) is 12.4. The summed E-state index contributed by atoms with van der Waals surface area (Å²) in [6.07, 6.45) is 4.37. The summed E-state index contributed by atoms with van der Waals surface area (Å²) < 4.78 is 0. The molecule has 0 bridgehead atoms. The van der Waals surface area contributed by atoms with Crippen molar-refractivity contribution in [3.8, 4) is 0 Å². The zero-order chi connectivity index (χ0) is 15.4. The third-order valence-corrected chi connectivity index (χ3v) is 4.58. The Bertz CT molecular complexity index is 504. The monoisotopic (exact) mass is 311 g/mol. The van der Waals surface area contributed by atoms with E-state index in [2.05, 4.69) is 10.3 Å². The topological polar surface area (TPSA) is 82.5 Å². The molecule has 0 saturated carbocycles. The molecule has 0 fully saturated rings. The van der Waals surface area contributed by atoms with Crippen molar-refractivity contribution in [1.29, 1.82) is 0 Å². The van der Waals surface area contributed by atoms with Crippen LogP contribution in [-0.4, -0.2) is 46.0 Å². The van der Waals surface area contributed by atoms with Crippen molar-refractivity contribution in [3.63, 3.8) is 0 Å². The lowest BCUT2D eigenvalue weighted by Gasteiger charge is -2.23. The molecule has 0 radical (unpaired) electrons. The van der Waals surface area contributed by atoms with Gasteiger partial charge in [0.05, 0.1) is 18.8 Å². The number of fused-ring (bicyclic) bond motifs is 1. The lowest BCUT2D eigenvalue weighted by atomic mass is 10.0. The number of carboxylic acid groups (broad SMARTS) is 1. The number of thiazole rings is 1. The second-order valence-corrected chi connectivity index (χ2v) is 6.62. The summed E-state index contributed by atoms with van der Waals surface area (Å²) in [4.78, 5) is 30.2. The molecule has 1 aliphatic rings. The quantitative estimate of drug-likeness (QED) is 0.836. The van der Waals surface area contributed by atoms with E-state index in [-0.39, 0.29) is 25.0 Å². The minimum atomic E-state index is -0.929. The fraction of sp³-hybridized carbons (Fsp3) is 0.643. The third-order valence-electron chi connectivity index (χ3n) is 3.51. The van der Waals surface area contributed by atoms with Crippen LogP contribution in [0.5, 0.6) is 0 Å². The second-order valence-electron chi connectivity index (χ2n) is 5.54. The van der Waals surface area contributed by atoms with Gasteiger partial charge in [-0.25, -0.2) is 4.98 Å². The van der Waals surface area contributed by atoms with E-state index in [0.717, 1.165) is 25.0 Å². The molecule has 0 spiro atoms. The van der Waals surface area contributed by atoms with Crippen LogP contribution in [0.4, 0.5) is 5.13 Å². The molecule has 0 atom stereocenters. The highest BCUT2D eigenvalue weighted by molar-refractivity contribution is 7.15. The van der Waals surface area contributed by atoms with Gasteiger partial charge in [-0.1, -0.05) is 0 Å². The number of hydrogen-bond acceptors (Lipinski definition) is 5. The van der Waals surface area contributed by atoms with E-state index in [9.17, 15) is 9.59 Å². The lowest BCUT2D eigenvalue weighted by molar-refractivity contribution is -0.139. The Morgan fingerprint density at radius 1 is 1.33 bits per heavy atom. The smallest absolute Gasteiger partial charge is 0.317 e. The predicted octanol–water partition coefficient (Wildman–Crippen LogP) is 1.76. The number of amides is 1. The van der Waals surface area contributed by atoms with Gasteiger partial charge in [-0.15, -0.1) is 11.3 Å². The van der Waals surface area contributed by atoms with Crippen LogP contribution in [-0.2, 0) is 22.4 Å². The number of anilines is 1. The maximum atomic E-state index is 12.0. The molecule has 0 aromatic carbocycles. The Morgan fingerprint density at radius 2 is 2.05 bits per heavy atom. The SMILES string of the molecule is CC(C)N(CC(=O)O)CC(=O)Nc1nc2c(s1)CCCC2. The van der Waals surface area contributed by atoms with E-state index in [1.165, 1.54) is 22.6 Å². The maximum Gasteiger partial charge on any atom is 0.317 e. The highest BCUT2D eigenvalue weighted by atomic mass is 32.1. The summed E-state index contributed by atoms with van der Waals surface area (Å²) >= 11 is 1.54. The zero-order valence-corrected chi connectivity index (χ0v) is 13.2. The van der Waals surface area contributed by atoms with E-state index >= 15 is 0 Å². The average molecular weight is 311 g/mol. The van der Waals surface area contributed by atoms with E-state index < -0.39 is 5.97 Å². The Balaban J connectivity index is 1.94. The van der Waals surface area contributed by atoms with Gasteiger partial charge in [-0.3, -0.25) is 14.5 Å². The molecule has 2 rings (SSSR count). The van der Waals surface area contributed by atoms with Crippen molar-refractivity contribution in [2.24, 2.45) is 0 Å². The van der Waals surface area contributed by atoms with Crippen LogP contribution in [0, 0.1) is 0 Å². The van der Waals surface area contributed by atoms with Gasteiger partial charge in [0.1, 0.15) is 0 Å². The molecule has 1 aromatic rings. The second kappa shape index (κ2) is 7.00. The van der Waals surface area contributed by atoms with Crippen molar-refractivity contribution in [3.05, 3.63) is 10.6 Å². The number of carbonyl (C=O) groups is 2. The van der Waals surface area contributed by atoms with Crippen molar-refractivity contribution in [2.45, 2.75) is 45.6 Å². The molecular formula is C14H21N3O3S. The number of rotatable bonds is 6. The number of aliphatic carboxylic acids is 1. The maximum absolute atomic E-state index is 12.0. The minimum Gasteiger partial charge on any atom is -0.480 e. The molecule has 1 aromatic heterocycles. The molecule has 1 heterocycles. The molecule has 6 nitrogen and oxygen atoms in total. The first-order chi connectivity index (χ1) is 9.95. The van der Waals surface area contributed by atoms with Gasteiger partial charge in [-0.2, -0.15) is 0 Å². The normalized spacial score (nSPS) is 14.3. The molecule has 0 unspecified atom stereocenters. The van der Waals surface area contributed by atoms with Crippen molar-refractivity contribution in [2.75, 3.05) is 18.4 Å². The van der Waals surface area contributed by atoms with Gasteiger partial charge in [0, 0.05) is 10.9 Å². The summed E-state index contributed by atoms with van der Waals surface area (Å²) in [7, 11) is 0. The Morgan fingerprint density at radius 3 is 2.67 bits per heavy atom. The first-order valence-corrected chi connectivity index (χ1v) is 8.01. The molecule has 7 heteroatoms. The van der Waals surface area contributed by atoms with E-state index in [4.69, 9.17) is 5.11 Å². The van der Waals surface area contributed by atoms with Gasteiger partial charge < -0.3 is 10.4 Å². The summed E-state index contributed by atoms with van der Waals surface area (Å²) in [6.45, 7) is 3.67. The number of aryl methyl sites for hydroxylation is 2. The van der Waals surface area contributed by atoms with E-state index in [1.807, 2.05) is 13.8 Å². The Labute approximate surface area is 128 Å². The minimum absolute atomic E-state index is 0.00338. The number of carbonyl (C=O) groups excluding carboxylic acids is 1. The predicted molar refractivity (Wildman–Crippen MR) is 81.7 cm³/mol. The van der Waals surface area contributed by atoms with Crippen LogP contribution in [0.1, 0.15) is 37.3 Å². The molecular weight excluding hydrogens is 290 g/mol. The number of carboxylic acids is 1. The number of hydrogen-bond donors (Lipinski definition) is 2. The van der Waals surface area contributed by atoms with Crippen LogP contribution < -0.4 is 5.32 Å². The van der Waals surface area contributed by atoms with E-state index in [0.29, 0.717) is 5.13 Å². The molecule has 0 saturated heterocycles. The van der Waals surface area contributed by atoms with Gasteiger partial charge in [-0.05, 0) is 39.5 Å². The van der Waals surface area contributed by atoms with Crippen LogP contribution in [0.2, 0.25) is 0 Å². The number of nitrogens with one attached hydrogen (secondary N) is 1. The molecule has 0 aliphatic heterocycles. The Kier molecular flexibility index (Phi) is 5.30. The summed E-state index contributed by atoms with van der Waals surface area (Å²) in [6, 6.07) is -0.00338. The third kappa shape index (κ3) is 4.50. The van der Waals surface area contributed by atoms with Crippen LogP contribution in [0.25, 0.3) is 0 Å². The van der Waals surface area contributed by atoms with Crippen molar-refractivity contribution < 1.29 is 14.7 Å². The first-order valence-electron chi connectivity index (χ1n) is 7.20. The summed E-state index contributed by atoms with van der Waals surface area (Å²) in [5, 5.41) is 12.3. The molecule has 21 heavy (non-hydrogen) atoms. The molecule has 1 aliphatic carbocycles. The van der Waals surface area contributed by atoms with Gasteiger partial charge in [0.15, 0.2) is 5.13 Å². The number of nitrogens with zero attached hydrogens (tertiary/aromatic N) is 2. The van der Waals surface area contributed by atoms with Gasteiger partial charge in [0.2, 0.25) is 5.91 Å². The van der Waals surface area contributed by atoms with Crippen molar-refractivity contribution >= 4 is 28.3 Å². The largest absolute Gasteiger partial charge is 0.480 e. The number of aromatic nitrogens is 1. The fourth-order valence-electron chi connectivity index (χ4n) is 2.34. The average Bonchev–Trinajstić information content (AvgIpc) is 2.79. The molecule has 116 valence electrons. The Hall–Kier alpha value is -1.47. The summed E-state index contributed by atoms with van der Waals surface area (Å²) in [5.41, 5.74) is 1.10. The highest BCUT2D eigenvalue weighted by Crippen LogP contribution is 2.29. The van der Waals surface area contributed by atoms with Crippen molar-refractivity contribution in [1.82, 2.24) is 9.88 Å². The first kappa shape index (κ1) is 15.9. The summed E-state index contributed by atoms with van der Waals surface area (Å²) in [5.74, 6) is -1.14. The standard InChI is InChI=1S/C14H21N3O3S/c1-9(2)17(8-13(19)20)7-12(18)16-14-15-10-5-3-4-6-11(10)21-14/h9H,3-8H2,1-2H3,(H,19,20)(H,15,16,18). The fourth-order valence-corrected chi connectivity index (χ4v) is 3.41. The van der Waals surface area contributed by atoms with Gasteiger partial charge >= 0.3 is 5.97 Å². The van der Waals surface area contributed by atoms with Crippen LogP contribution >= 0.6 is 11.3 Å². The molecule has 2 N–H and O–H groups in total. The van der Waals surface area contributed by atoms with E-state index in [1.54, 1.807) is 4.90 Å². The van der Waals surface area contributed by atoms with Crippen LogP contribution in [0.15, 0.2) is 0 Å². The molecule has 1 amide bonds. The van der Waals surface area contributed by atoms with Crippen LogP contribution in [0.3, 0.4) is 0 Å². The highest BCUT2D eigenvalue weighted by Gasteiger charge is 2.19.